The number of halogens is 3. The number of aromatic amines is 1. The second-order valence-corrected chi connectivity index (χ2v) is 6.56. The molecule has 4 nitrogen and oxygen atoms in total. The first kappa shape index (κ1) is 16.4. The van der Waals surface area contributed by atoms with Gasteiger partial charge in [0.2, 0.25) is 4.77 Å². The lowest BCUT2D eigenvalue weighted by molar-refractivity contribution is 0.871. The van der Waals surface area contributed by atoms with Gasteiger partial charge in [0.25, 0.3) is 0 Å². The lowest BCUT2D eigenvalue weighted by Gasteiger charge is -2.04. The topological polar surface area (TPSA) is 46.0 Å². The van der Waals surface area contributed by atoms with Crippen molar-refractivity contribution in [3.8, 4) is 11.4 Å². The van der Waals surface area contributed by atoms with Crippen LogP contribution < -0.4 is 0 Å². The van der Waals surface area contributed by atoms with Gasteiger partial charge in [-0.3, -0.25) is 0 Å². The predicted molar refractivity (Wildman–Crippen MR) is 100 cm³/mol. The molecule has 0 aliphatic heterocycles. The minimum absolute atomic E-state index is 0.380. The molecule has 0 aliphatic carbocycles. The third-order valence-corrected chi connectivity index (χ3v) is 4.85. The summed E-state index contributed by atoms with van der Waals surface area (Å²) < 4.78 is 2.81. The van der Waals surface area contributed by atoms with Gasteiger partial charge in [0, 0.05) is 15.6 Å². The Hall–Kier alpha value is -1.47. The predicted octanol–water partition coefficient (Wildman–Crippen LogP) is 5.56. The van der Waals surface area contributed by atoms with Crippen LogP contribution in [0, 0.1) is 4.77 Å². The fraction of sp³-hybridized carbons (Fsp3) is 0. The molecule has 0 atom stereocenters. The molecule has 116 valence electrons. The van der Waals surface area contributed by atoms with Crippen LogP contribution in [0.4, 0.5) is 0 Å². The van der Waals surface area contributed by atoms with Crippen molar-refractivity contribution in [2.45, 2.75) is 0 Å². The van der Waals surface area contributed by atoms with E-state index < -0.39 is 0 Å². The van der Waals surface area contributed by atoms with Gasteiger partial charge in [-0.05, 0) is 30.4 Å². The molecule has 0 bridgehead atoms. The molecule has 1 N–H and O–H groups in total. The van der Waals surface area contributed by atoms with Crippen molar-refractivity contribution in [3.05, 3.63) is 67.3 Å². The molecule has 23 heavy (non-hydrogen) atoms. The van der Waals surface area contributed by atoms with Crippen molar-refractivity contribution < 1.29 is 0 Å². The van der Waals surface area contributed by atoms with Crippen LogP contribution in [0.3, 0.4) is 0 Å². The molecule has 1 aromatic heterocycles. The first-order valence-corrected chi connectivity index (χ1v) is 8.44. The highest BCUT2D eigenvalue weighted by Crippen LogP contribution is 2.27. The third-order valence-electron chi connectivity index (χ3n) is 3.06. The van der Waals surface area contributed by atoms with Crippen LogP contribution in [0.2, 0.25) is 10.0 Å². The molecule has 0 saturated carbocycles. The van der Waals surface area contributed by atoms with E-state index in [-0.39, 0.29) is 0 Å². The van der Waals surface area contributed by atoms with E-state index in [2.05, 4.69) is 31.2 Å². The maximum atomic E-state index is 6.17. The summed E-state index contributed by atoms with van der Waals surface area (Å²) in [6.45, 7) is 0. The van der Waals surface area contributed by atoms with E-state index in [9.17, 15) is 0 Å². The Balaban J connectivity index is 2.07. The smallest absolute Gasteiger partial charge is 0.216 e. The van der Waals surface area contributed by atoms with Crippen LogP contribution >= 0.6 is 51.3 Å². The highest BCUT2D eigenvalue weighted by Gasteiger charge is 2.11. The fourth-order valence-electron chi connectivity index (χ4n) is 1.96. The van der Waals surface area contributed by atoms with Gasteiger partial charge in [0.05, 0.1) is 16.3 Å². The number of aromatic nitrogens is 3. The molecule has 0 spiro atoms. The summed E-state index contributed by atoms with van der Waals surface area (Å²) in [5.74, 6) is 0.594. The summed E-state index contributed by atoms with van der Waals surface area (Å²) in [5.41, 5.74) is 1.56. The van der Waals surface area contributed by atoms with Gasteiger partial charge >= 0.3 is 0 Å². The maximum absolute atomic E-state index is 6.17. The Bertz CT molecular complexity index is 949. The van der Waals surface area contributed by atoms with Crippen molar-refractivity contribution in [1.82, 2.24) is 14.9 Å². The van der Waals surface area contributed by atoms with Crippen molar-refractivity contribution >= 4 is 57.6 Å². The second kappa shape index (κ2) is 6.97. The Morgan fingerprint density at radius 1 is 1.17 bits per heavy atom. The first-order chi connectivity index (χ1) is 11.1. The third kappa shape index (κ3) is 3.40. The first-order valence-electron chi connectivity index (χ1n) is 6.48. The van der Waals surface area contributed by atoms with Crippen LogP contribution in [-0.2, 0) is 0 Å². The highest BCUT2D eigenvalue weighted by molar-refractivity contribution is 9.10. The molecule has 0 fully saturated rings. The van der Waals surface area contributed by atoms with Crippen LogP contribution in [-0.4, -0.2) is 21.1 Å². The zero-order valence-corrected chi connectivity index (χ0v) is 15.4. The molecule has 0 saturated heterocycles. The number of benzene rings is 2. The summed E-state index contributed by atoms with van der Waals surface area (Å²) in [6.07, 6.45) is 1.60. The van der Waals surface area contributed by atoms with Crippen LogP contribution in [0.25, 0.3) is 11.4 Å². The van der Waals surface area contributed by atoms with Gasteiger partial charge in [0.15, 0.2) is 5.82 Å². The van der Waals surface area contributed by atoms with Crippen molar-refractivity contribution in [2.75, 3.05) is 0 Å². The molecule has 3 rings (SSSR count). The zero-order valence-electron chi connectivity index (χ0n) is 11.5. The van der Waals surface area contributed by atoms with Crippen LogP contribution in [0.5, 0.6) is 0 Å². The van der Waals surface area contributed by atoms with Crippen molar-refractivity contribution in [3.63, 3.8) is 0 Å². The molecule has 2 aromatic carbocycles. The van der Waals surface area contributed by atoms with Crippen molar-refractivity contribution in [2.24, 2.45) is 5.10 Å². The monoisotopic (exact) mass is 426 g/mol. The molecular formula is C15H9BrCl2N4S. The molecular weight excluding hydrogens is 419 g/mol. The number of nitrogens with one attached hydrogen (secondary N) is 1. The molecule has 0 unspecified atom stereocenters. The van der Waals surface area contributed by atoms with Crippen LogP contribution in [0.15, 0.2) is 52.0 Å². The lowest BCUT2D eigenvalue weighted by atomic mass is 10.2. The van der Waals surface area contributed by atoms with Crippen molar-refractivity contribution in [1.29, 1.82) is 0 Å². The van der Waals surface area contributed by atoms with Gasteiger partial charge in [-0.2, -0.15) is 14.9 Å². The average Bonchev–Trinajstić information content (AvgIpc) is 2.90. The molecule has 0 radical (unpaired) electrons. The van der Waals surface area contributed by atoms with Gasteiger partial charge in [0.1, 0.15) is 0 Å². The Morgan fingerprint density at radius 2 is 1.96 bits per heavy atom. The van der Waals surface area contributed by atoms with E-state index in [1.807, 2.05) is 30.3 Å². The van der Waals surface area contributed by atoms with E-state index >= 15 is 0 Å². The largest absolute Gasteiger partial charge is 0.250 e. The van der Waals surface area contributed by atoms with E-state index in [4.69, 9.17) is 35.4 Å². The second-order valence-electron chi connectivity index (χ2n) is 4.53. The van der Waals surface area contributed by atoms with E-state index in [0.717, 1.165) is 10.0 Å². The normalized spacial score (nSPS) is 11.3. The average molecular weight is 428 g/mol. The summed E-state index contributed by atoms with van der Waals surface area (Å²) in [6, 6.07) is 13.0. The van der Waals surface area contributed by atoms with E-state index in [1.165, 1.54) is 4.68 Å². The molecule has 1 heterocycles. The molecule has 8 heteroatoms. The molecule has 0 amide bonds. The number of hydrogen-bond donors (Lipinski definition) is 1. The fourth-order valence-corrected chi connectivity index (χ4v) is 2.95. The summed E-state index contributed by atoms with van der Waals surface area (Å²) in [4.78, 5) is 0. The summed E-state index contributed by atoms with van der Waals surface area (Å²) in [5, 5.41) is 12.3. The summed E-state index contributed by atoms with van der Waals surface area (Å²) >= 11 is 20.9. The van der Waals surface area contributed by atoms with E-state index in [1.54, 1.807) is 18.3 Å². The SMILES string of the molecule is S=c1[nH]nc(-c2ccccc2Br)n1N=Cc1cccc(Cl)c1Cl. The van der Waals surface area contributed by atoms with Gasteiger partial charge in [-0.1, -0.05) is 63.4 Å². The number of hydrogen-bond acceptors (Lipinski definition) is 3. The quantitative estimate of drug-likeness (QED) is 0.439. The maximum Gasteiger partial charge on any atom is 0.216 e. The summed E-state index contributed by atoms with van der Waals surface area (Å²) in [7, 11) is 0. The van der Waals surface area contributed by atoms with Crippen LogP contribution in [0.1, 0.15) is 5.56 Å². The molecule has 3 aromatic rings. The van der Waals surface area contributed by atoms with Gasteiger partial charge in [-0.15, -0.1) is 0 Å². The minimum atomic E-state index is 0.380. The minimum Gasteiger partial charge on any atom is -0.250 e. The standard InChI is InChI=1S/C15H9BrCl2N4S/c16-11-6-2-1-5-10(11)14-20-21-15(23)22(14)19-8-9-4-3-7-12(17)13(9)18/h1-8H,(H,21,23). The van der Waals surface area contributed by atoms with Gasteiger partial charge < -0.3 is 0 Å². The number of nitrogens with zero attached hydrogens (tertiary/aromatic N) is 3. The van der Waals surface area contributed by atoms with Gasteiger partial charge in [-0.25, -0.2) is 5.10 Å². The number of rotatable bonds is 3. The van der Waals surface area contributed by atoms with E-state index in [0.29, 0.717) is 26.2 Å². The highest BCUT2D eigenvalue weighted by atomic mass is 79.9. The Morgan fingerprint density at radius 3 is 2.74 bits per heavy atom. The zero-order chi connectivity index (χ0) is 16.4. The Kier molecular flexibility index (Phi) is 4.96. The number of H-pyrrole nitrogens is 1. The molecule has 0 aliphatic rings. The lowest BCUT2D eigenvalue weighted by Crippen LogP contribution is -1.96. The Labute approximate surface area is 155 Å².